The van der Waals surface area contributed by atoms with Crippen LogP contribution in [0.2, 0.25) is 0 Å². The van der Waals surface area contributed by atoms with E-state index in [0.717, 1.165) is 10.5 Å². The first-order valence-corrected chi connectivity index (χ1v) is 9.50. The molecule has 6 nitrogen and oxygen atoms in total. The van der Waals surface area contributed by atoms with Gasteiger partial charge in [-0.3, -0.25) is 20.4 Å². The Morgan fingerprint density at radius 3 is 1.30 bits per heavy atom. The lowest BCUT2D eigenvalue weighted by Gasteiger charge is -2.21. The maximum Gasteiger partial charge on any atom is 0.221 e. The van der Waals surface area contributed by atoms with E-state index < -0.39 is 0 Å². The molecule has 2 atom stereocenters. The number of carbonyl (C=O) groups excluding carboxylic acids is 2. The number of thioether (sulfide) groups is 1. The van der Waals surface area contributed by atoms with Gasteiger partial charge in [0.2, 0.25) is 12.8 Å². The summed E-state index contributed by atoms with van der Waals surface area (Å²) in [5.41, 5.74) is 3.50. The fourth-order valence-electron chi connectivity index (χ4n) is 1.87. The molecule has 0 aromatic rings. The third-order valence-corrected chi connectivity index (χ3v) is 5.10. The number of nitrogens with one attached hydrogen (secondary N) is 2. The fourth-order valence-corrected chi connectivity index (χ4v) is 3.41. The molecule has 0 saturated carbocycles. The first-order chi connectivity index (χ1) is 11.1. The third-order valence-electron chi connectivity index (χ3n) is 3.19. The van der Waals surface area contributed by atoms with Gasteiger partial charge in [0.25, 0.3) is 0 Å². The van der Waals surface area contributed by atoms with Gasteiger partial charge in [-0.15, -0.1) is 0 Å². The predicted molar refractivity (Wildman–Crippen MR) is 102 cm³/mol. The van der Waals surface area contributed by atoms with Crippen molar-refractivity contribution in [2.75, 3.05) is 0 Å². The van der Waals surface area contributed by atoms with Crippen molar-refractivity contribution in [3.63, 3.8) is 0 Å². The molecular weight excluding hydrogens is 312 g/mol. The number of amides is 2. The lowest BCUT2D eigenvalue weighted by Crippen LogP contribution is -2.18. The number of unbranched alkanes of at least 4 members (excludes halogenated alkanes) is 2. The van der Waals surface area contributed by atoms with Gasteiger partial charge in [-0.1, -0.05) is 53.4 Å². The summed E-state index contributed by atoms with van der Waals surface area (Å²) in [6.07, 6.45) is 11.9. The highest BCUT2D eigenvalue weighted by molar-refractivity contribution is 8.00. The summed E-state index contributed by atoms with van der Waals surface area (Å²) in [5.74, 6) is 8.82. The van der Waals surface area contributed by atoms with Crippen LogP contribution in [0.3, 0.4) is 0 Å². The summed E-state index contributed by atoms with van der Waals surface area (Å²) in [6, 6.07) is 0. The molecule has 0 rings (SSSR count). The number of hydrazine groups is 2. The minimum atomic E-state index is 0.403. The van der Waals surface area contributed by atoms with E-state index in [1.165, 1.54) is 51.4 Å². The van der Waals surface area contributed by atoms with Crippen molar-refractivity contribution in [3.8, 4) is 0 Å². The number of nitrogens with two attached hydrogens (primary N) is 2. The standard InChI is InChI=1S/C14H30S.2CH4N2O/c1-5-9-11-13(7-3)15-14(8-4)12-10-6-2;2*2-3-1-4/h13-14H,5-12H2,1-4H3;2*1H,2H2,(H,3,4). The Morgan fingerprint density at radius 2 is 1.13 bits per heavy atom. The highest BCUT2D eigenvalue weighted by Gasteiger charge is 2.13. The minimum Gasteiger partial charge on any atom is -0.297 e. The third kappa shape index (κ3) is 26.4. The molecule has 7 heteroatoms. The first kappa shape index (κ1) is 27.1. The molecule has 140 valence electrons. The van der Waals surface area contributed by atoms with Gasteiger partial charge in [0.15, 0.2) is 0 Å². The van der Waals surface area contributed by atoms with Gasteiger partial charge in [0, 0.05) is 10.5 Å². The highest BCUT2D eigenvalue weighted by Crippen LogP contribution is 2.29. The van der Waals surface area contributed by atoms with Crippen LogP contribution in [-0.4, -0.2) is 23.3 Å². The summed E-state index contributed by atoms with van der Waals surface area (Å²) < 4.78 is 0. The lowest BCUT2D eigenvalue weighted by atomic mass is 10.1. The molecule has 0 spiro atoms. The second-order valence-electron chi connectivity index (χ2n) is 5.05. The SMILES string of the molecule is CCCCC(CC)SC(CC)CCCC.NNC=O.NNC=O. The molecule has 0 aliphatic heterocycles. The Labute approximate surface area is 146 Å². The lowest BCUT2D eigenvalue weighted by molar-refractivity contribution is -0.110. The zero-order valence-corrected chi connectivity index (χ0v) is 16.2. The topological polar surface area (TPSA) is 110 Å². The molecule has 2 amide bonds. The maximum absolute atomic E-state index is 8.94. The van der Waals surface area contributed by atoms with E-state index in [2.05, 4.69) is 51.1 Å². The minimum absolute atomic E-state index is 0.403. The van der Waals surface area contributed by atoms with Crippen LogP contribution in [0.1, 0.15) is 79.1 Å². The van der Waals surface area contributed by atoms with Crippen LogP contribution in [0.4, 0.5) is 0 Å². The van der Waals surface area contributed by atoms with Crippen LogP contribution >= 0.6 is 11.8 Å². The van der Waals surface area contributed by atoms with Crippen LogP contribution in [0.15, 0.2) is 0 Å². The molecule has 0 bridgehead atoms. The van der Waals surface area contributed by atoms with Crippen LogP contribution < -0.4 is 22.5 Å². The molecule has 0 saturated heterocycles. The van der Waals surface area contributed by atoms with Crippen molar-refractivity contribution in [3.05, 3.63) is 0 Å². The second-order valence-corrected chi connectivity index (χ2v) is 6.66. The summed E-state index contributed by atoms with van der Waals surface area (Å²) >= 11 is 2.27. The molecule has 6 N–H and O–H groups in total. The maximum atomic E-state index is 8.94. The number of hydrogen-bond acceptors (Lipinski definition) is 5. The number of carbonyl (C=O) groups is 2. The second kappa shape index (κ2) is 26.1. The van der Waals surface area contributed by atoms with Gasteiger partial charge in [-0.25, -0.2) is 11.7 Å². The smallest absolute Gasteiger partial charge is 0.221 e. The Hall–Kier alpha value is -0.790. The molecule has 0 aliphatic carbocycles. The van der Waals surface area contributed by atoms with Crippen molar-refractivity contribution in [2.24, 2.45) is 11.7 Å². The molecular formula is C16H38N4O2S. The van der Waals surface area contributed by atoms with Crippen molar-refractivity contribution < 1.29 is 9.59 Å². The predicted octanol–water partition coefficient (Wildman–Crippen LogP) is 2.87. The normalized spacial score (nSPS) is 11.7. The molecule has 0 aromatic heterocycles. The Bertz CT molecular complexity index is 212. The molecule has 0 heterocycles. The quantitative estimate of drug-likeness (QED) is 0.187. The van der Waals surface area contributed by atoms with Gasteiger partial charge < -0.3 is 0 Å². The molecule has 2 unspecified atom stereocenters. The molecule has 0 radical (unpaired) electrons. The Morgan fingerprint density at radius 1 is 0.826 bits per heavy atom. The molecule has 0 fully saturated rings. The largest absolute Gasteiger partial charge is 0.297 e. The van der Waals surface area contributed by atoms with Crippen molar-refractivity contribution in [1.82, 2.24) is 10.9 Å². The molecule has 0 aliphatic rings. The molecule has 0 aromatic carbocycles. The van der Waals surface area contributed by atoms with E-state index in [4.69, 9.17) is 9.59 Å². The van der Waals surface area contributed by atoms with Crippen molar-refractivity contribution in [1.29, 1.82) is 0 Å². The van der Waals surface area contributed by atoms with Gasteiger partial charge in [0.1, 0.15) is 0 Å². The summed E-state index contributed by atoms with van der Waals surface area (Å²) in [7, 11) is 0. The van der Waals surface area contributed by atoms with E-state index in [1.54, 1.807) is 10.9 Å². The number of hydrogen-bond donors (Lipinski definition) is 4. The van der Waals surface area contributed by atoms with Crippen LogP contribution in [0, 0.1) is 0 Å². The van der Waals surface area contributed by atoms with E-state index in [1.807, 2.05) is 0 Å². The summed E-state index contributed by atoms with van der Waals surface area (Å²) in [6.45, 7) is 9.29. The van der Waals surface area contributed by atoms with E-state index in [9.17, 15) is 0 Å². The zero-order valence-electron chi connectivity index (χ0n) is 15.3. The van der Waals surface area contributed by atoms with E-state index >= 15 is 0 Å². The number of rotatable bonds is 12. The van der Waals surface area contributed by atoms with Gasteiger partial charge in [0.05, 0.1) is 0 Å². The monoisotopic (exact) mass is 350 g/mol. The Kier molecular flexibility index (Phi) is 30.8. The zero-order chi connectivity index (χ0) is 18.3. The van der Waals surface area contributed by atoms with Crippen LogP contribution in [-0.2, 0) is 9.59 Å². The van der Waals surface area contributed by atoms with Gasteiger partial charge in [-0.2, -0.15) is 11.8 Å². The van der Waals surface area contributed by atoms with Crippen LogP contribution in [0.5, 0.6) is 0 Å². The highest BCUT2D eigenvalue weighted by atomic mass is 32.2. The Balaban J connectivity index is -0.000000413. The first-order valence-electron chi connectivity index (χ1n) is 8.56. The summed E-state index contributed by atoms with van der Waals surface area (Å²) in [4.78, 5) is 17.9. The van der Waals surface area contributed by atoms with E-state index in [-0.39, 0.29) is 0 Å². The van der Waals surface area contributed by atoms with E-state index in [0.29, 0.717) is 12.8 Å². The van der Waals surface area contributed by atoms with Crippen molar-refractivity contribution >= 4 is 24.6 Å². The summed E-state index contributed by atoms with van der Waals surface area (Å²) in [5, 5.41) is 1.85. The van der Waals surface area contributed by atoms with Crippen LogP contribution in [0.25, 0.3) is 0 Å². The van der Waals surface area contributed by atoms with Crippen molar-refractivity contribution in [2.45, 2.75) is 89.6 Å². The average molecular weight is 351 g/mol. The van der Waals surface area contributed by atoms with Gasteiger partial charge in [-0.05, 0) is 25.7 Å². The average Bonchev–Trinajstić information content (AvgIpc) is 2.61. The molecule has 23 heavy (non-hydrogen) atoms. The van der Waals surface area contributed by atoms with Gasteiger partial charge >= 0.3 is 0 Å². The fraction of sp³-hybridized carbons (Fsp3) is 0.875.